The lowest BCUT2D eigenvalue weighted by Crippen LogP contribution is -2.45. The molecule has 1 fully saturated rings. The summed E-state index contributed by atoms with van der Waals surface area (Å²) in [6.07, 6.45) is 5.21. The Morgan fingerprint density at radius 2 is 2.05 bits per heavy atom. The van der Waals surface area contributed by atoms with Crippen molar-refractivity contribution in [3.8, 4) is 0 Å². The molecule has 38 heavy (non-hydrogen) atoms. The molecular weight excluding hydrogens is 504 g/mol. The van der Waals surface area contributed by atoms with Crippen LogP contribution in [0.15, 0.2) is 24.4 Å². The maximum absolute atomic E-state index is 13.2. The highest BCUT2D eigenvalue weighted by Gasteiger charge is 2.35. The van der Waals surface area contributed by atoms with Gasteiger partial charge in [-0.25, -0.2) is 9.78 Å². The summed E-state index contributed by atoms with van der Waals surface area (Å²) in [5, 5.41) is 0. The molecule has 0 N–H and O–H groups in total. The van der Waals surface area contributed by atoms with E-state index in [9.17, 15) is 9.59 Å². The van der Waals surface area contributed by atoms with Crippen LogP contribution in [0.5, 0.6) is 0 Å². The zero-order chi connectivity index (χ0) is 27.5. The average molecular weight is 545 g/mol. The van der Waals surface area contributed by atoms with Gasteiger partial charge in [-0.3, -0.25) is 9.20 Å². The number of ether oxygens (including phenoxy) is 3. The molecule has 2 aromatic heterocycles. The van der Waals surface area contributed by atoms with Crippen molar-refractivity contribution in [1.82, 2.24) is 19.2 Å². The topological polar surface area (TPSA) is 85.6 Å². The molecule has 3 heterocycles. The van der Waals surface area contributed by atoms with Crippen LogP contribution in [0.3, 0.4) is 0 Å². The van der Waals surface area contributed by atoms with E-state index >= 15 is 0 Å². The highest BCUT2D eigenvalue weighted by atomic mass is 32.1. The third-order valence-electron chi connectivity index (χ3n) is 6.67. The van der Waals surface area contributed by atoms with Crippen LogP contribution in [0.4, 0.5) is 4.79 Å². The van der Waals surface area contributed by atoms with Crippen molar-refractivity contribution in [2.24, 2.45) is 0 Å². The molecule has 0 bridgehead atoms. The number of aromatic nitrogens is 2. The van der Waals surface area contributed by atoms with E-state index in [1.54, 1.807) is 16.9 Å². The molecule has 3 aromatic rings. The number of unbranched alkanes of at least 4 members (excludes halogenated alkanes) is 1. The molecular formula is C28H40N4O5S. The van der Waals surface area contributed by atoms with Gasteiger partial charge in [-0.05, 0) is 71.1 Å². The van der Waals surface area contributed by atoms with E-state index < -0.39 is 5.60 Å². The molecule has 0 aliphatic carbocycles. The van der Waals surface area contributed by atoms with Crippen LogP contribution in [0.25, 0.3) is 16.0 Å². The van der Waals surface area contributed by atoms with Gasteiger partial charge in [-0.2, -0.15) is 0 Å². The fourth-order valence-corrected chi connectivity index (χ4v) is 5.73. The average Bonchev–Trinajstić information content (AvgIpc) is 3.54. The van der Waals surface area contributed by atoms with Gasteiger partial charge in [0.1, 0.15) is 10.5 Å². The molecule has 9 nitrogen and oxygen atoms in total. The molecule has 0 spiro atoms. The summed E-state index contributed by atoms with van der Waals surface area (Å²) in [6.45, 7) is 10.6. The molecule has 1 saturated heterocycles. The van der Waals surface area contributed by atoms with E-state index in [-0.39, 0.29) is 17.6 Å². The number of benzene rings is 1. The van der Waals surface area contributed by atoms with Crippen molar-refractivity contribution in [1.29, 1.82) is 0 Å². The molecule has 10 heteroatoms. The molecule has 4 rings (SSSR count). The fraction of sp³-hybridized carbons (Fsp3) is 0.607. The maximum atomic E-state index is 13.2. The second-order valence-corrected chi connectivity index (χ2v) is 12.4. The van der Waals surface area contributed by atoms with E-state index in [1.165, 1.54) is 11.3 Å². The third kappa shape index (κ3) is 6.84. The first-order valence-corrected chi connectivity index (χ1v) is 14.1. The number of rotatable bonds is 10. The summed E-state index contributed by atoms with van der Waals surface area (Å²) in [5.41, 5.74) is 1.74. The summed E-state index contributed by atoms with van der Waals surface area (Å²) in [4.78, 5) is 35.8. The lowest BCUT2D eigenvalue weighted by Gasteiger charge is -2.33. The largest absolute Gasteiger partial charge is 0.444 e. The Kier molecular flexibility index (Phi) is 8.64. The van der Waals surface area contributed by atoms with Crippen molar-refractivity contribution in [3.05, 3.63) is 34.8 Å². The van der Waals surface area contributed by atoms with Crippen LogP contribution < -0.4 is 0 Å². The van der Waals surface area contributed by atoms with Gasteiger partial charge < -0.3 is 24.0 Å². The van der Waals surface area contributed by atoms with Gasteiger partial charge in [0, 0.05) is 46.7 Å². The van der Waals surface area contributed by atoms with Crippen molar-refractivity contribution in [2.75, 3.05) is 40.5 Å². The van der Waals surface area contributed by atoms with E-state index in [4.69, 9.17) is 19.2 Å². The third-order valence-corrected chi connectivity index (χ3v) is 7.64. The molecule has 1 atom stereocenters. The van der Waals surface area contributed by atoms with Gasteiger partial charge in [0.05, 0.1) is 23.2 Å². The zero-order valence-corrected chi connectivity index (χ0v) is 24.2. The monoisotopic (exact) mass is 544 g/mol. The Balaban J connectivity index is 1.55. The lowest BCUT2D eigenvalue weighted by atomic mass is 10.0. The van der Waals surface area contributed by atoms with Gasteiger partial charge in [-0.1, -0.05) is 17.4 Å². The minimum absolute atomic E-state index is 0.0110. The van der Waals surface area contributed by atoms with Crippen molar-refractivity contribution in [2.45, 2.75) is 71.1 Å². The molecule has 0 radical (unpaired) electrons. The molecule has 1 aliphatic heterocycles. The van der Waals surface area contributed by atoms with Gasteiger partial charge >= 0.3 is 6.09 Å². The number of hydrogen-bond acceptors (Lipinski definition) is 7. The van der Waals surface area contributed by atoms with Crippen molar-refractivity contribution < 1.29 is 23.8 Å². The predicted octanol–water partition coefficient (Wildman–Crippen LogP) is 5.35. The fourth-order valence-electron chi connectivity index (χ4n) is 4.73. The van der Waals surface area contributed by atoms with Gasteiger partial charge in [0.2, 0.25) is 0 Å². The van der Waals surface area contributed by atoms with E-state index in [2.05, 4.69) is 6.92 Å². The number of carbonyl (C=O) groups is 2. The molecule has 1 aliphatic rings. The molecule has 1 aromatic carbocycles. The summed E-state index contributed by atoms with van der Waals surface area (Å²) < 4.78 is 18.8. The van der Waals surface area contributed by atoms with Crippen molar-refractivity contribution in [3.63, 3.8) is 0 Å². The highest BCUT2D eigenvalue weighted by Crippen LogP contribution is 2.29. The number of fused-ring (bicyclic) bond motifs is 3. The number of nitrogens with zero attached hydrogens (tertiary/aromatic N) is 4. The number of carbonyl (C=O) groups excluding carboxylic acids is 2. The Morgan fingerprint density at radius 3 is 2.74 bits per heavy atom. The van der Waals surface area contributed by atoms with E-state index in [1.807, 2.05) is 56.6 Å². The van der Waals surface area contributed by atoms with Gasteiger partial charge in [-0.15, -0.1) is 0 Å². The minimum Gasteiger partial charge on any atom is -0.444 e. The number of methoxy groups -OCH3 is 1. The van der Waals surface area contributed by atoms with Crippen LogP contribution in [0, 0.1) is 0 Å². The SMILES string of the molecule is COCCCCN(C)C(=O)c1cn2c(nc3ccc(CN(C[C@]4(C)CCCO4)C(=O)OC(C)(C)C)cc32)s1. The van der Waals surface area contributed by atoms with Gasteiger partial charge in [0.15, 0.2) is 4.96 Å². The van der Waals surface area contributed by atoms with Crippen LogP contribution >= 0.6 is 11.3 Å². The van der Waals surface area contributed by atoms with Crippen molar-refractivity contribution >= 4 is 39.3 Å². The Labute approximate surface area is 228 Å². The molecule has 2 amide bonds. The van der Waals surface area contributed by atoms with Gasteiger partial charge in [0.25, 0.3) is 5.91 Å². The maximum Gasteiger partial charge on any atom is 0.410 e. The lowest BCUT2D eigenvalue weighted by molar-refractivity contribution is -0.0260. The molecule has 0 saturated carbocycles. The normalized spacial score (nSPS) is 17.8. The summed E-state index contributed by atoms with van der Waals surface area (Å²) in [5.74, 6) is -0.0110. The van der Waals surface area contributed by atoms with E-state index in [0.29, 0.717) is 37.7 Å². The summed E-state index contributed by atoms with van der Waals surface area (Å²) >= 11 is 1.39. The second-order valence-electron chi connectivity index (χ2n) is 11.3. The zero-order valence-electron chi connectivity index (χ0n) is 23.4. The first-order valence-electron chi connectivity index (χ1n) is 13.2. The Hall–Kier alpha value is -2.69. The minimum atomic E-state index is -0.592. The number of imidazole rings is 1. The summed E-state index contributed by atoms with van der Waals surface area (Å²) in [7, 11) is 3.51. The van der Waals surface area contributed by atoms with Crippen LogP contribution in [-0.2, 0) is 20.8 Å². The quantitative estimate of drug-likeness (QED) is 0.320. The summed E-state index contributed by atoms with van der Waals surface area (Å²) in [6, 6.07) is 6.00. The standard InChI is InChI=1S/C28H40N4O5S/c1-27(2,3)37-26(34)31(19-28(4)12-9-15-36-28)17-20-10-11-21-22(16-20)32-18-23(38-25(32)29-21)24(33)30(5)13-7-8-14-35-6/h10-11,16,18H,7-9,12-15,17,19H2,1-6H3/t28-/m0/s1. The first kappa shape index (κ1) is 28.3. The van der Waals surface area contributed by atoms with Crippen LogP contribution in [0.1, 0.15) is 68.6 Å². The Morgan fingerprint density at radius 1 is 1.26 bits per heavy atom. The Bertz CT molecular complexity index is 1270. The highest BCUT2D eigenvalue weighted by molar-refractivity contribution is 7.18. The smallest absolute Gasteiger partial charge is 0.410 e. The van der Waals surface area contributed by atoms with E-state index in [0.717, 1.165) is 47.2 Å². The number of amides is 2. The number of hydrogen-bond donors (Lipinski definition) is 0. The molecule has 0 unspecified atom stereocenters. The second kappa shape index (κ2) is 11.6. The predicted molar refractivity (Wildman–Crippen MR) is 149 cm³/mol. The molecule has 208 valence electrons. The number of thiazole rings is 1. The first-order chi connectivity index (χ1) is 18.0. The van der Waals surface area contributed by atoms with Crippen LogP contribution in [-0.4, -0.2) is 82.8 Å². The van der Waals surface area contributed by atoms with Crippen LogP contribution in [0.2, 0.25) is 0 Å².